The van der Waals surface area contributed by atoms with Crippen LogP contribution in [0.5, 0.6) is 0 Å². The van der Waals surface area contributed by atoms with Crippen LogP contribution in [0.15, 0.2) is 0 Å². The number of ketones is 2. The van der Waals surface area contributed by atoms with E-state index in [4.69, 9.17) is 0 Å². The second-order valence-corrected chi connectivity index (χ2v) is 9.90. The number of fused-ring (bicyclic) bond motifs is 5. The van der Waals surface area contributed by atoms with Crippen LogP contribution < -0.4 is 0 Å². The normalized spacial score (nSPS) is 53.6. The predicted octanol–water partition coefficient (Wildman–Crippen LogP) is 2.84. The third-order valence-corrected chi connectivity index (χ3v) is 9.01. The third-order valence-electron chi connectivity index (χ3n) is 9.01. The maximum Gasteiger partial charge on any atom is 0.177 e. The highest BCUT2D eigenvalue weighted by Gasteiger charge is 2.72. The van der Waals surface area contributed by atoms with Gasteiger partial charge in [-0.1, -0.05) is 13.8 Å². The molecule has 0 aliphatic heterocycles. The number of aliphatic hydroxyl groups excluding tert-OH is 2. The fraction of sp³-hybridized carbons (Fsp3) is 0.905. The van der Waals surface area contributed by atoms with Crippen LogP contribution in [0.1, 0.15) is 65.2 Å². The van der Waals surface area contributed by atoms with Crippen molar-refractivity contribution in [3.8, 4) is 0 Å². The van der Waals surface area contributed by atoms with E-state index in [0.29, 0.717) is 32.1 Å². The lowest BCUT2D eigenvalue weighted by Gasteiger charge is -2.62. The molecule has 2 N–H and O–H groups in total. The molecule has 0 amide bonds. The number of hydrogen-bond donors (Lipinski definition) is 2. The van der Waals surface area contributed by atoms with Crippen LogP contribution in [0, 0.1) is 34.5 Å². The minimum absolute atomic E-state index is 0.0234. The Balaban J connectivity index is 1.73. The zero-order chi connectivity index (χ0) is 18.9. The topological polar surface area (TPSA) is 74.6 Å². The summed E-state index contributed by atoms with van der Waals surface area (Å²) in [4.78, 5) is 25.5. The minimum atomic E-state index is -1.84. The molecule has 146 valence electrons. The molecule has 4 nitrogen and oxygen atoms in total. The van der Waals surface area contributed by atoms with Crippen LogP contribution in [-0.2, 0) is 9.59 Å². The lowest BCUT2D eigenvalue weighted by Crippen LogP contribution is -2.67. The van der Waals surface area contributed by atoms with Gasteiger partial charge < -0.3 is 10.2 Å². The fourth-order valence-corrected chi connectivity index (χ4v) is 7.59. The fourth-order valence-electron chi connectivity index (χ4n) is 7.59. The van der Waals surface area contributed by atoms with E-state index in [2.05, 4.69) is 0 Å². The molecule has 0 radical (unpaired) electrons. The van der Waals surface area contributed by atoms with Crippen molar-refractivity contribution < 1.29 is 24.2 Å². The van der Waals surface area contributed by atoms with Crippen molar-refractivity contribution in [2.45, 2.75) is 77.0 Å². The number of Topliss-reactive ketones (excluding diaryl/α,β-unsaturated/α-hetero) is 2. The first-order valence-electron chi connectivity index (χ1n) is 10.2. The minimum Gasteiger partial charge on any atom is -0.393 e. The van der Waals surface area contributed by atoms with Gasteiger partial charge in [0.15, 0.2) is 17.2 Å². The van der Waals surface area contributed by atoms with Gasteiger partial charge in [-0.05, 0) is 62.2 Å². The van der Waals surface area contributed by atoms with Gasteiger partial charge >= 0.3 is 0 Å². The number of carbonyl (C=O) groups is 2. The van der Waals surface area contributed by atoms with E-state index in [9.17, 15) is 19.8 Å². The molecular formula is C21H31FO4. The van der Waals surface area contributed by atoms with Crippen LogP contribution in [0.4, 0.5) is 4.39 Å². The van der Waals surface area contributed by atoms with Crippen molar-refractivity contribution >= 4 is 11.6 Å². The Kier molecular flexibility index (Phi) is 4.17. The number of halogens is 1. The zero-order valence-corrected chi connectivity index (χ0v) is 15.8. The maximum absolute atomic E-state index is 16.7. The number of carbonyl (C=O) groups excluding carboxylic acids is 2. The summed E-state index contributed by atoms with van der Waals surface area (Å²) in [5, 5.41) is 19.4. The number of hydrogen-bond acceptors (Lipinski definition) is 4. The molecule has 4 aliphatic rings. The quantitative estimate of drug-likeness (QED) is 0.788. The number of alkyl halides is 1. The van der Waals surface area contributed by atoms with E-state index in [1.54, 1.807) is 0 Å². The van der Waals surface area contributed by atoms with Crippen molar-refractivity contribution in [2.24, 2.45) is 34.5 Å². The van der Waals surface area contributed by atoms with Crippen molar-refractivity contribution in [2.75, 3.05) is 6.61 Å². The lowest BCUT2D eigenvalue weighted by molar-refractivity contribution is -0.201. The monoisotopic (exact) mass is 366 g/mol. The predicted molar refractivity (Wildman–Crippen MR) is 94.1 cm³/mol. The molecule has 0 aromatic heterocycles. The Morgan fingerprint density at radius 1 is 1.15 bits per heavy atom. The zero-order valence-electron chi connectivity index (χ0n) is 15.8. The van der Waals surface area contributed by atoms with Crippen LogP contribution in [-0.4, -0.2) is 40.2 Å². The summed E-state index contributed by atoms with van der Waals surface area (Å²) in [7, 11) is 0. The standard InChI is InChI=1S/C21H31FO4/c1-19-10-18(26)21(22)15(14(19)5-6-16(19)17(25)11-23)4-3-12-9-13(24)7-8-20(12,21)2/h12-16,23-24H,3-11H2,1-2H3/t12-,13-,14+,15+,16-,19+,20+,21+/m1/s1. The first-order chi connectivity index (χ1) is 12.2. The molecule has 0 unspecified atom stereocenters. The Labute approximate surface area is 154 Å². The van der Waals surface area contributed by atoms with Crippen LogP contribution in [0.2, 0.25) is 0 Å². The van der Waals surface area contributed by atoms with Gasteiger partial charge in [0, 0.05) is 23.7 Å². The van der Waals surface area contributed by atoms with E-state index >= 15 is 4.39 Å². The molecule has 0 spiro atoms. The van der Waals surface area contributed by atoms with Gasteiger partial charge in [0.2, 0.25) is 0 Å². The highest BCUT2D eigenvalue weighted by molar-refractivity contribution is 5.92. The van der Waals surface area contributed by atoms with E-state index in [1.165, 1.54) is 0 Å². The van der Waals surface area contributed by atoms with Gasteiger partial charge in [-0.3, -0.25) is 9.59 Å². The van der Waals surface area contributed by atoms with Gasteiger partial charge in [-0.15, -0.1) is 0 Å². The average Bonchev–Trinajstić information content (AvgIpc) is 2.93. The molecule has 4 rings (SSSR count). The maximum atomic E-state index is 16.7. The molecule has 4 aliphatic carbocycles. The molecule has 0 aromatic rings. The molecule has 5 heteroatoms. The van der Waals surface area contributed by atoms with Crippen LogP contribution >= 0.6 is 0 Å². The SMILES string of the molecule is C[C@]12CC(=O)[C@@]3(F)[C@@H](CC[C@@H]4C[C@H](O)CC[C@@]43C)[C@@H]1CC[C@@H]2C(=O)CO. The lowest BCUT2D eigenvalue weighted by atomic mass is 9.42. The number of aliphatic hydroxyl groups is 2. The highest BCUT2D eigenvalue weighted by atomic mass is 19.1. The van der Waals surface area contributed by atoms with Gasteiger partial charge in [-0.2, -0.15) is 0 Å². The van der Waals surface area contributed by atoms with E-state index in [0.717, 1.165) is 12.8 Å². The molecule has 0 bridgehead atoms. The van der Waals surface area contributed by atoms with Gasteiger partial charge in [0.05, 0.1) is 6.10 Å². The van der Waals surface area contributed by atoms with E-state index < -0.39 is 23.1 Å². The highest BCUT2D eigenvalue weighted by Crippen LogP contribution is 2.69. The molecule has 4 fully saturated rings. The Hall–Kier alpha value is -0.810. The molecule has 0 saturated heterocycles. The van der Waals surface area contributed by atoms with Crippen LogP contribution in [0.25, 0.3) is 0 Å². The first kappa shape index (κ1) is 18.5. The van der Waals surface area contributed by atoms with E-state index in [1.807, 2.05) is 13.8 Å². The molecule has 26 heavy (non-hydrogen) atoms. The Morgan fingerprint density at radius 2 is 1.85 bits per heavy atom. The largest absolute Gasteiger partial charge is 0.393 e. The molecular weight excluding hydrogens is 335 g/mol. The summed E-state index contributed by atoms with van der Waals surface area (Å²) in [6.45, 7) is 3.41. The van der Waals surface area contributed by atoms with Crippen molar-refractivity contribution in [3.05, 3.63) is 0 Å². The summed E-state index contributed by atoms with van der Waals surface area (Å²) < 4.78 is 16.7. The van der Waals surface area contributed by atoms with Gasteiger partial charge in [0.1, 0.15) is 6.61 Å². The van der Waals surface area contributed by atoms with E-state index in [-0.39, 0.29) is 47.8 Å². The van der Waals surface area contributed by atoms with Crippen molar-refractivity contribution in [3.63, 3.8) is 0 Å². The summed E-state index contributed by atoms with van der Waals surface area (Å²) in [5.74, 6) is -1.11. The number of rotatable bonds is 2. The second-order valence-electron chi connectivity index (χ2n) is 9.90. The first-order valence-corrected chi connectivity index (χ1v) is 10.2. The molecule has 0 aromatic carbocycles. The third kappa shape index (κ3) is 2.13. The van der Waals surface area contributed by atoms with Gasteiger partial charge in [-0.25, -0.2) is 4.39 Å². The summed E-state index contributed by atoms with van der Waals surface area (Å²) in [6.07, 6.45) is 4.36. The van der Waals surface area contributed by atoms with Gasteiger partial charge in [0.25, 0.3) is 0 Å². The Bertz CT molecular complexity index is 636. The smallest absolute Gasteiger partial charge is 0.177 e. The van der Waals surface area contributed by atoms with Crippen molar-refractivity contribution in [1.82, 2.24) is 0 Å². The summed E-state index contributed by atoms with van der Waals surface area (Å²) in [6, 6.07) is 0. The Morgan fingerprint density at radius 3 is 2.54 bits per heavy atom. The molecule has 0 heterocycles. The molecule has 8 atom stereocenters. The summed E-state index contributed by atoms with van der Waals surface area (Å²) in [5.41, 5.74) is -3.06. The van der Waals surface area contributed by atoms with Crippen molar-refractivity contribution in [1.29, 1.82) is 0 Å². The second kappa shape index (κ2) is 5.84. The molecule has 4 saturated carbocycles. The van der Waals surface area contributed by atoms with Crippen LogP contribution in [0.3, 0.4) is 0 Å². The summed E-state index contributed by atoms with van der Waals surface area (Å²) >= 11 is 0. The average molecular weight is 366 g/mol.